The number of aliphatic hydroxyl groups is 1. The average Bonchev–Trinajstić information content (AvgIpc) is 3.06. The molecule has 33 heavy (non-hydrogen) atoms. The number of benzene rings is 2. The number of ketones is 1. The van der Waals surface area contributed by atoms with Crippen molar-refractivity contribution < 1.29 is 23.8 Å². The Morgan fingerprint density at radius 3 is 2.48 bits per heavy atom. The molecular formula is C25H20ClFN2O4. The fourth-order valence-electron chi connectivity index (χ4n) is 3.79. The van der Waals surface area contributed by atoms with Gasteiger partial charge in [0.1, 0.15) is 17.3 Å². The number of amides is 1. The maximum absolute atomic E-state index is 13.6. The lowest BCUT2D eigenvalue weighted by atomic mass is 9.95. The number of rotatable bonds is 6. The van der Waals surface area contributed by atoms with Crippen molar-refractivity contribution in [3.05, 3.63) is 100 Å². The molecule has 3 aromatic rings. The summed E-state index contributed by atoms with van der Waals surface area (Å²) in [4.78, 5) is 31.4. The summed E-state index contributed by atoms with van der Waals surface area (Å²) >= 11 is 6.15. The molecule has 1 fully saturated rings. The van der Waals surface area contributed by atoms with Crippen LogP contribution >= 0.6 is 11.6 Å². The maximum Gasteiger partial charge on any atom is 0.295 e. The van der Waals surface area contributed by atoms with Gasteiger partial charge in [0, 0.05) is 24.5 Å². The standard InChI is InChI=1S/C25H20ClFN2O4/c1-2-33-20-13-17(5-8-19(20)26)23(30)21-22(16-3-6-18(27)7-4-16)29(25(32)24(21)31)14-15-9-11-28-12-10-15/h3-13,22,30H,2,14H2,1H3/b23-21-. The van der Waals surface area contributed by atoms with Crippen LogP contribution in [-0.4, -0.2) is 33.3 Å². The van der Waals surface area contributed by atoms with Crippen LogP contribution in [0.4, 0.5) is 4.39 Å². The first-order valence-electron chi connectivity index (χ1n) is 10.3. The van der Waals surface area contributed by atoms with Crippen molar-refractivity contribution in [1.29, 1.82) is 0 Å². The quantitative estimate of drug-likeness (QED) is 0.318. The summed E-state index contributed by atoms with van der Waals surface area (Å²) in [5, 5.41) is 11.5. The van der Waals surface area contributed by atoms with Gasteiger partial charge in [-0.05, 0) is 60.5 Å². The van der Waals surface area contributed by atoms with Crippen molar-refractivity contribution in [3.8, 4) is 5.75 Å². The number of aliphatic hydroxyl groups excluding tert-OH is 1. The van der Waals surface area contributed by atoms with Gasteiger partial charge in [-0.1, -0.05) is 23.7 Å². The van der Waals surface area contributed by atoms with Crippen LogP contribution in [0.1, 0.15) is 29.7 Å². The minimum Gasteiger partial charge on any atom is -0.507 e. The molecule has 0 saturated carbocycles. The van der Waals surface area contributed by atoms with E-state index in [1.807, 2.05) is 0 Å². The summed E-state index contributed by atoms with van der Waals surface area (Å²) in [7, 11) is 0. The van der Waals surface area contributed by atoms with E-state index in [1.54, 1.807) is 37.5 Å². The predicted octanol–water partition coefficient (Wildman–Crippen LogP) is 4.89. The third-order valence-corrected chi connectivity index (χ3v) is 5.64. The van der Waals surface area contributed by atoms with Gasteiger partial charge in [0.15, 0.2) is 0 Å². The first kappa shape index (κ1) is 22.5. The first-order valence-corrected chi connectivity index (χ1v) is 10.6. The highest BCUT2D eigenvalue weighted by Gasteiger charge is 2.46. The zero-order valence-corrected chi connectivity index (χ0v) is 18.4. The second kappa shape index (κ2) is 9.42. The van der Waals surface area contributed by atoms with Crippen LogP contribution in [0, 0.1) is 5.82 Å². The molecule has 0 aliphatic carbocycles. The van der Waals surface area contributed by atoms with Gasteiger partial charge in [0.2, 0.25) is 0 Å². The molecule has 1 saturated heterocycles. The highest BCUT2D eigenvalue weighted by atomic mass is 35.5. The monoisotopic (exact) mass is 466 g/mol. The van der Waals surface area contributed by atoms with Gasteiger partial charge in [0.25, 0.3) is 11.7 Å². The van der Waals surface area contributed by atoms with E-state index in [2.05, 4.69) is 4.98 Å². The molecule has 1 N–H and O–H groups in total. The number of Topliss-reactive ketones (excluding diaryl/α,β-unsaturated/α-hetero) is 1. The van der Waals surface area contributed by atoms with Gasteiger partial charge < -0.3 is 14.7 Å². The minimum atomic E-state index is -0.912. The number of carbonyl (C=O) groups excluding carboxylic acids is 2. The zero-order chi connectivity index (χ0) is 23.5. The van der Waals surface area contributed by atoms with Crippen molar-refractivity contribution in [2.45, 2.75) is 19.5 Å². The lowest BCUT2D eigenvalue weighted by Gasteiger charge is -2.25. The summed E-state index contributed by atoms with van der Waals surface area (Å²) in [5.41, 5.74) is 1.43. The van der Waals surface area contributed by atoms with Crippen LogP contribution in [0.5, 0.6) is 5.75 Å². The summed E-state index contributed by atoms with van der Waals surface area (Å²) < 4.78 is 19.1. The second-order valence-electron chi connectivity index (χ2n) is 7.41. The zero-order valence-electron chi connectivity index (χ0n) is 17.7. The summed E-state index contributed by atoms with van der Waals surface area (Å²) in [5.74, 6) is -2.07. The number of hydrogen-bond donors (Lipinski definition) is 1. The predicted molar refractivity (Wildman–Crippen MR) is 121 cm³/mol. The Labute approximate surface area is 194 Å². The Hall–Kier alpha value is -3.71. The molecular weight excluding hydrogens is 447 g/mol. The number of aromatic nitrogens is 1. The largest absolute Gasteiger partial charge is 0.507 e. The number of likely N-dealkylation sites (tertiary alicyclic amines) is 1. The smallest absolute Gasteiger partial charge is 0.295 e. The molecule has 1 aliphatic heterocycles. The van der Waals surface area contributed by atoms with Crippen LogP contribution in [0.15, 0.2) is 72.6 Å². The Morgan fingerprint density at radius 1 is 1.12 bits per heavy atom. The second-order valence-corrected chi connectivity index (χ2v) is 7.82. The number of ether oxygens (including phenoxy) is 1. The number of carbonyl (C=O) groups is 2. The van der Waals surface area contributed by atoms with Crippen LogP contribution in [0.3, 0.4) is 0 Å². The van der Waals surface area contributed by atoms with Gasteiger partial charge >= 0.3 is 0 Å². The van der Waals surface area contributed by atoms with E-state index in [9.17, 15) is 19.1 Å². The van der Waals surface area contributed by atoms with Crippen molar-refractivity contribution in [2.75, 3.05) is 6.61 Å². The maximum atomic E-state index is 13.6. The molecule has 0 radical (unpaired) electrons. The molecule has 8 heteroatoms. The molecule has 1 unspecified atom stereocenters. The molecule has 4 rings (SSSR count). The van der Waals surface area contributed by atoms with Gasteiger partial charge in [-0.2, -0.15) is 0 Å². The number of halogens is 2. The Bertz CT molecular complexity index is 1230. The minimum absolute atomic E-state index is 0.0922. The summed E-state index contributed by atoms with van der Waals surface area (Å²) in [6.45, 7) is 2.26. The summed E-state index contributed by atoms with van der Waals surface area (Å²) in [6, 6.07) is 12.6. The van der Waals surface area contributed by atoms with Crippen molar-refractivity contribution in [2.24, 2.45) is 0 Å². The van der Waals surface area contributed by atoms with Gasteiger partial charge in [0.05, 0.1) is 23.2 Å². The van der Waals surface area contributed by atoms with Gasteiger partial charge in [-0.25, -0.2) is 4.39 Å². The molecule has 1 aliphatic rings. The van der Waals surface area contributed by atoms with E-state index in [0.29, 0.717) is 22.9 Å². The third kappa shape index (κ3) is 4.45. The molecule has 1 atom stereocenters. The normalized spacial score (nSPS) is 17.4. The summed E-state index contributed by atoms with van der Waals surface area (Å²) in [6.07, 6.45) is 3.17. The fourth-order valence-corrected chi connectivity index (χ4v) is 3.96. The van der Waals surface area contributed by atoms with Crippen LogP contribution in [-0.2, 0) is 16.1 Å². The highest BCUT2D eigenvalue weighted by molar-refractivity contribution is 6.46. The molecule has 6 nitrogen and oxygen atoms in total. The van der Waals surface area contributed by atoms with E-state index in [-0.39, 0.29) is 23.4 Å². The molecule has 1 aromatic heterocycles. The van der Waals surface area contributed by atoms with Crippen molar-refractivity contribution >= 4 is 29.1 Å². The topological polar surface area (TPSA) is 79.7 Å². The lowest BCUT2D eigenvalue weighted by Crippen LogP contribution is -2.29. The molecule has 2 heterocycles. The van der Waals surface area contributed by atoms with Crippen LogP contribution in [0.2, 0.25) is 5.02 Å². The van der Waals surface area contributed by atoms with Crippen molar-refractivity contribution in [1.82, 2.24) is 9.88 Å². The number of nitrogens with zero attached hydrogens (tertiary/aromatic N) is 2. The molecule has 0 spiro atoms. The number of pyridine rings is 1. The fraction of sp³-hybridized carbons (Fsp3) is 0.160. The Morgan fingerprint density at radius 2 is 1.82 bits per heavy atom. The van der Waals surface area contributed by atoms with E-state index in [0.717, 1.165) is 5.56 Å². The molecule has 2 aromatic carbocycles. The van der Waals surface area contributed by atoms with E-state index in [4.69, 9.17) is 16.3 Å². The Kier molecular flexibility index (Phi) is 6.42. The lowest BCUT2D eigenvalue weighted by molar-refractivity contribution is -0.140. The van der Waals surface area contributed by atoms with Gasteiger partial charge in [-0.15, -0.1) is 0 Å². The SMILES string of the molecule is CCOc1cc(/C(O)=C2/C(=O)C(=O)N(Cc3ccncc3)C2c2ccc(F)cc2)ccc1Cl. The third-order valence-electron chi connectivity index (χ3n) is 5.33. The van der Waals surface area contributed by atoms with E-state index in [1.165, 1.54) is 41.3 Å². The van der Waals surface area contributed by atoms with Crippen LogP contribution < -0.4 is 4.74 Å². The van der Waals surface area contributed by atoms with E-state index < -0.39 is 23.5 Å². The van der Waals surface area contributed by atoms with Crippen molar-refractivity contribution in [3.63, 3.8) is 0 Å². The number of hydrogen-bond acceptors (Lipinski definition) is 5. The average molecular weight is 467 g/mol. The van der Waals surface area contributed by atoms with Crippen LogP contribution in [0.25, 0.3) is 5.76 Å². The highest BCUT2D eigenvalue weighted by Crippen LogP contribution is 2.41. The van der Waals surface area contributed by atoms with E-state index >= 15 is 0 Å². The molecule has 0 bridgehead atoms. The molecule has 168 valence electrons. The molecule has 1 amide bonds. The van der Waals surface area contributed by atoms with Gasteiger partial charge in [-0.3, -0.25) is 14.6 Å². The first-order chi connectivity index (χ1) is 15.9. The Balaban J connectivity index is 1.86.